The van der Waals surface area contributed by atoms with Crippen molar-refractivity contribution < 1.29 is 9.59 Å². The number of nitrogens with one attached hydrogen (secondary N) is 1. The van der Waals surface area contributed by atoms with Crippen LogP contribution in [-0.4, -0.2) is 31.4 Å². The van der Waals surface area contributed by atoms with Gasteiger partial charge < -0.3 is 5.32 Å². The average molecular weight is 372 g/mol. The van der Waals surface area contributed by atoms with Gasteiger partial charge in [-0.3, -0.25) is 9.59 Å². The Morgan fingerprint density at radius 2 is 1.77 bits per heavy atom. The molecule has 26 heavy (non-hydrogen) atoms. The van der Waals surface area contributed by atoms with Crippen molar-refractivity contribution in [2.24, 2.45) is 0 Å². The molecule has 3 rings (SSSR count). The third kappa shape index (κ3) is 3.30. The smallest absolute Gasteiger partial charge is 0.292 e. The van der Waals surface area contributed by atoms with Crippen LogP contribution in [0.2, 0.25) is 5.02 Å². The summed E-state index contributed by atoms with van der Waals surface area (Å²) in [6.07, 6.45) is 1.34. The molecule has 0 aliphatic rings. The van der Waals surface area contributed by atoms with Gasteiger partial charge >= 0.3 is 0 Å². The van der Waals surface area contributed by atoms with E-state index in [-0.39, 0.29) is 11.4 Å². The molecule has 0 saturated carbocycles. The monoisotopic (exact) mass is 371 g/mol. The highest BCUT2D eigenvalue weighted by Crippen LogP contribution is 2.34. The lowest BCUT2D eigenvalue weighted by atomic mass is 10.1. The van der Waals surface area contributed by atoms with Crippen molar-refractivity contribution in [2.45, 2.75) is 33.2 Å². The predicted molar refractivity (Wildman–Crippen MR) is 100 cm³/mol. The van der Waals surface area contributed by atoms with Gasteiger partial charge in [0.15, 0.2) is 5.65 Å². The number of amides is 1. The van der Waals surface area contributed by atoms with E-state index >= 15 is 0 Å². The van der Waals surface area contributed by atoms with Crippen LogP contribution in [0.25, 0.3) is 22.3 Å². The number of anilines is 1. The SMILES string of the molecule is CC(=O)C(=O)Nc1ncnc2c1c(-c1ccc(Cl)cc1)nn2C(C)(C)C. The van der Waals surface area contributed by atoms with Gasteiger partial charge in [-0.2, -0.15) is 5.10 Å². The lowest BCUT2D eigenvalue weighted by Crippen LogP contribution is -2.23. The Hall–Kier alpha value is -2.80. The van der Waals surface area contributed by atoms with Gasteiger partial charge in [-0.15, -0.1) is 0 Å². The van der Waals surface area contributed by atoms with Crippen molar-refractivity contribution in [1.82, 2.24) is 19.7 Å². The summed E-state index contributed by atoms with van der Waals surface area (Å²) in [5, 5.41) is 8.43. The van der Waals surface area contributed by atoms with E-state index in [9.17, 15) is 9.59 Å². The van der Waals surface area contributed by atoms with E-state index < -0.39 is 11.7 Å². The quantitative estimate of drug-likeness (QED) is 0.712. The number of benzene rings is 1. The van der Waals surface area contributed by atoms with Crippen LogP contribution in [0.5, 0.6) is 0 Å². The minimum atomic E-state index is -0.740. The molecule has 7 nitrogen and oxygen atoms in total. The van der Waals surface area contributed by atoms with Crippen molar-refractivity contribution in [3.05, 3.63) is 35.6 Å². The first-order valence-electron chi connectivity index (χ1n) is 8.00. The Labute approximate surface area is 155 Å². The Morgan fingerprint density at radius 3 is 2.35 bits per heavy atom. The number of carbonyl (C=O) groups excluding carboxylic acids is 2. The Balaban J connectivity index is 2.30. The second-order valence-electron chi connectivity index (χ2n) is 6.87. The average Bonchev–Trinajstić information content (AvgIpc) is 2.96. The van der Waals surface area contributed by atoms with E-state index in [1.54, 1.807) is 16.8 Å². The molecule has 2 heterocycles. The third-order valence-corrected chi connectivity index (χ3v) is 4.02. The van der Waals surface area contributed by atoms with Gasteiger partial charge in [0.1, 0.15) is 17.8 Å². The van der Waals surface area contributed by atoms with Gasteiger partial charge in [0.25, 0.3) is 5.91 Å². The van der Waals surface area contributed by atoms with Crippen molar-refractivity contribution >= 4 is 40.1 Å². The second-order valence-corrected chi connectivity index (χ2v) is 7.31. The summed E-state index contributed by atoms with van der Waals surface area (Å²) < 4.78 is 1.78. The molecule has 3 aromatic rings. The van der Waals surface area contributed by atoms with Crippen LogP contribution in [0.4, 0.5) is 5.82 Å². The predicted octanol–water partition coefficient (Wildman–Crippen LogP) is 3.43. The topological polar surface area (TPSA) is 89.8 Å². The molecule has 1 amide bonds. The van der Waals surface area contributed by atoms with Crippen LogP contribution < -0.4 is 5.32 Å². The van der Waals surface area contributed by atoms with Crippen LogP contribution in [0.15, 0.2) is 30.6 Å². The molecule has 0 bridgehead atoms. The molecule has 1 aromatic carbocycles. The fourth-order valence-electron chi connectivity index (χ4n) is 2.52. The van der Waals surface area contributed by atoms with Crippen molar-refractivity contribution in [2.75, 3.05) is 5.32 Å². The van der Waals surface area contributed by atoms with E-state index in [4.69, 9.17) is 16.7 Å². The molecule has 0 atom stereocenters. The van der Waals surface area contributed by atoms with Gasteiger partial charge in [-0.1, -0.05) is 23.7 Å². The highest BCUT2D eigenvalue weighted by molar-refractivity contribution is 6.40. The highest BCUT2D eigenvalue weighted by Gasteiger charge is 2.25. The maximum absolute atomic E-state index is 11.9. The fourth-order valence-corrected chi connectivity index (χ4v) is 2.65. The minimum Gasteiger partial charge on any atom is -0.303 e. The summed E-state index contributed by atoms with van der Waals surface area (Å²) >= 11 is 5.99. The highest BCUT2D eigenvalue weighted by atomic mass is 35.5. The van der Waals surface area contributed by atoms with Crippen LogP contribution in [0.3, 0.4) is 0 Å². The number of halogens is 1. The van der Waals surface area contributed by atoms with Crippen molar-refractivity contribution in [3.8, 4) is 11.3 Å². The number of hydrogen-bond acceptors (Lipinski definition) is 5. The molecule has 8 heteroatoms. The van der Waals surface area contributed by atoms with Crippen LogP contribution in [0, 0.1) is 0 Å². The molecule has 0 aliphatic heterocycles. The largest absolute Gasteiger partial charge is 0.303 e. The number of carbonyl (C=O) groups is 2. The maximum atomic E-state index is 11.9. The van der Waals surface area contributed by atoms with E-state index in [1.807, 2.05) is 32.9 Å². The number of fused-ring (bicyclic) bond motifs is 1. The fraction of sp³-hybridized carbons (Fsp3) is 0.278. The van der Waals surface area contributed by atoms with Gasteiger partial charge in [0.05, 0.1) is 10.9 Å². The van der Waals surface area contributed by atoms with Gasteiger partial charge in [-0.05, 0) is 32.9 Å². The first-order valence-corrected chi connectivity index (χ1v) is 8.38. The van der Waals surface area contributed by atoms with Crippen molar-refractivity contribution in [1.29, 1.82) is 0 Å². The van der Waals surface area contributed by atoms with E-state index in [1.165, 1.54) is 13.3 Å². The molecule has 0 saturated heterocycles. The molecular formula is C18H18ClN5O2. The van der Waals surface area contributed by atoms with Gasteiger partial charge in [-0.25, -0.2) is 14.6 Å². The molecular weight excluding hydrogens is 354 g/mol. The Kier molecular flexibility index (Phi) is 4.50. The van der Waals surface area contributed by atoms with Gasteiger partial charge in [0.2, 0.25) is 5.78 Å². The maximum Gasteiger partial charge on any atom is 0.292 e. The Bertz CT molecular complexity index is 1000. The second kappa shape index (κ2) is 6.49. The minimum absolute atomic E-state index is 0.246. The molecule has 0 fully saturated rings. The summed E-state index contributed by atoms with van der Waals surface area (Å²) in [5.41, 5.74) is 1.62. The molecule has 0 spiro atoms. The van der Waals surface area contributed by atoms with Crippen LogP contribution >= 0.6 is 11.6 Å². The van der Waals surface area contributed by atoms with E-state index in [2.05, 4.69) is 15.3 Å². The Morgan fingerprint density at radius 1 is 1.12 bits per heavy atom. The van der Waals surface area contributed by atoms with E-state index in [0.29, 0.717) is 21.7 Å². The summed E-state index contributed by atoms with van der Waals surface area (Å²) in [4.78, 5) is 31.7. The van der Waals surface area contributed by atoms with Crippen LogP contribution in [-0.2, 0) is 15.1 Å². The zero-order chi connectivity index (χ0) is 19.1. The molecule has 0 aliphatic carbocycles. The normalized spacial score (nSPS) is 11.6. The van der Waals surface area contributed by atoms with E-state index in [0.717, 1.165) is 5.56 Å². The standard InChI is InChI=1S/C18H18ClN5O2/c1-10(25)17(26)22-15-13-14(11-5-7-12(19)8-6-11)23-24(18(2,3)4)16(13)21-9-20-15/h5-9H,1-4H3,(H,20,21,22,26). The molecule has 0 radical (unpaired) electrons. The lowest BCUT2D eigenvalue weighted by Gasteiger charge is -2.19. The summed E-state index contributed by atoms with van der Waals surface area (Å²) in [7, 11) is 0. The summed E-state index contributed by atoms with van der Waals surface area (Å²) in [5.74, 6) is -1.10. The molecule has 0 unspecified atom stereocenters. The summed E-state index contributed by atoms with van der Waals surface area (Å²) in [6, 6.07) is 7.19. The number of ketones is 1. The summed E-state index contributed by atoms with van der Waals surface area (Å²) in [6.45, 7) is 7.20. The number of Topliss-reactive ketones (excluding diaryl/α,β-unsaturated/α-hetero) is 1. The van der Waals surface area contributed by atoms with Crippen LogP contribution in [0.1, 0.15) is 27.7 Å². The molecule has 1 N–H and O–H groups in total. The van der Waals surface area contributed by atoms with Gasteiger partial charge in [0, 0.05) is 17.5 Å². The number of aromatic nitrogens is 4. The molecule has 2 aromatic heterocycles. The number of rotatable bonds is 3. The third-order valence-electron chi connectivity index (χ3n) is 3.77. The molecule has 134 valence electrons. The zero-order valence-corrected chi connectivity index (χ0v) is 15.6. The van der Waals surface area contributed by atoms with Crippen molar-refractivity contribution in [3.63, 3.8) is 0 Å². The first kappa shape index (κ1) is 18.0. The zero-order valence-electron chi connectivity index (χ0n) is 14.9. The lowest BCUT2D eigenvalue weighted by molar-refractivity contribution is -0.133. The number of nitrogens with zero attached hydrogens (tertiary/aromatic N) is 4. The first-order chi connectivity index (χ1) is 12.2. The number of hydrogen-bond donors (Lipinski definition) is 1.